The molecule has 0 saturated carbocycles. The van der Waals surface area contributed by atoms with Crippen LogP contribution in [0.4, 0.5) is 5.69 Å². The van der Waals surface area contributed by atoms with Gasteiger partial charge in [0.25, 0.3) is 11.8 Å². The van der Waals surface area contributed by atoms with E-state index in [-0.39, 0.29) is 18.4 Å². The van der Waals surface area contributed by atoms with Crippen LogP contribution in [0.25, 0.3) is 0 Å². The number of carbonyl (C=O) groups is 2. The van der Waals surface area contributed by atoms with Gasteiger partial charge in [-0.15, -0.1) is 0 Å². The van der Waals surface area contributed by atoms with Gasteiger partial charge in [-0.1, -0.05) is 48.5 Å². The first kappa shape index (κ1) is 27.0. The molecule has 0 aromatic heterocycles. The molecule has 2 amide bonds. The molecule has 7 heteroatoms. The Labute approximate surface area is 234 Å². The summed E-state index contributed by atoms with van der Waals surface area (Å²) in [6.45, 7) is 3.06. The van der Waals surface area contributed by atoms with Crippen LogP contribution in [0.2, 0.25) is 0 Å². The van der Waals surface area contributed by atoms with Crippen LogP contribution in [0.3, 0.4) is 0 Å². The molecule has 0 unspecified atom stereocenters. The molecule has 1 aliphatic heterocycles. The predicted octanol–water partition coefficient (Wildman–Crippen LogP) is 5.44. The van der Waals surface area contributed by atoms with Crippen molar-refractivity contribution >= 4 is 17.5 Å². The largest absolute Gasteiger partial charge is 0.493 e. The summed E-state index contributed by atoms with van der Waals surface area (Å²) in [6.07, 6.45) is 0.994. The first-order valence-corrected chi connectivity index (χ1v) is 13.3. The number of fused-ring (bicyclic) bond motifs is 1. The third-order valence-electron chi connectivity index (χ3n) is 7.09. The topological polar surface area (TPSA) is 79.9 Å². The van der Waals surface area contributed by atoms with E-state index in [4.69, 9.17) is 9.47 Å². The number of nitrogens with zero attached hydrogens (tertiary/aromatic N) is 1. The summed E-state index contributed by atoms with van der Waals surface area (Å²) in [5.74, 6) is 0.609. The van der Waals surface area contributed by atoms with Crippen molar-refractivity contribution in [3.05, 3.63) is 124 Å². The van der Waals surface area contributed by atoms with Gasteiger partial charge in [0.05, 0.1) is 14.2 Å². The van der Waals surface area contributed by atoms with E-state index < -0.39 is 0 Å². The quantitative estimate of drug-likeness (QED) is 0.298. The average Bonchev–Trinajstić information content (AvgIpc) is 3.00. The SMILES string of the molecule is COc1ccc(C(=O)NCc2cccc(C(=O)Nc3ccc4c(c3)CN(Cc3ccccc3)CC4)c2)cc1OC. The van der Waals surface area contributed by atoms with E-state index in [0.717, 1.165) is 37.3 Å². The fourth-order valence-corrected chi connectivity index (χ4v) is 4.96. The monoisotopic (exact) mass is 535 g/mol. The first-order chi connectivity index (χ1) is 19.5. The lowest BCUT2D eigenvalue weighted by Gasteiger charge is -2.29. The number of rotatable bonds is 9. The van der Waals surface area contributed by atoms with Crippen LogP contribution in [0.1, 0.15) is 43.0 Å². The highest BCUT2D eigenvalue weighted by Crippen LogP contribution is 2.28. The Morgan fingerprint density at radius 2 is 1.52 bits per heavy atom. The smallest absolute Gasteiger partial charge is 0.255 e. The molecular formula is C33H33N3O4. The fraction of sp³-hybridized carbons (Fsp3) is 0.212. The fourth-order valence-electron chi connectivity index (χ4n) is 4.96. The lowest BCUT2D eigenvalue weighted by molar-refractivity contribution is 0.0950. The Kier molecular flexibility index (Phi) is 8.42. The number of nitrogens with one attached hydrogen (secondary N) is 2. The van der Waals surface area contributed by atoms with Gasteiger partial charge in [-0.3, -0.25) is 14.5 Å². The molecule has 1 aliphatic rings. The third-order valence-corrected chi connectivity index (χ3v) is 7.09. The summed E-state index contributed by atoms with van der Waals surface area (Å²) < 4.78 is 10.5. The second kappa shape index (κ2) is 12.5. The summed E-state index contributed by atoms with van der Waals surface area (Å²) in [4.78, 5) is 28.2. The summed E-state index contributed by atoms with van der Waals surface area (Å²) in [6, 6.07) is 28.9. The van der Waals surface area contributed by atoms with Gasteiger partial charge in [-0.2, -0.15) is 0 Å². The molecule has 0 atom stereocenters. The van der Waals surface area contributed by atoms with E-state index in [2.05, 4.69) is 51.9 Å². The summed E-state index contributed by atoms with van der Waals surface area (Å²) in [5.41, 5.74) is 6.46. The zero-order valence-corrected chi connectivity index (χ0v) is 22.8. The van der Waals surface area contributed by atoms with E-state index in [1.807, 2.05) is 24.3 Å². The van der Waals surface area contributed by atoms with E-state index in [9.17, 15) is 9.59 Å². The molecule has 0 saturated heterocycles. The van der Waals surface area contributed by atoms with E-state index in [1.54, 1.807) is 37.4 Å². The maximum absolute atomic E-state index is 13.1. The van der Waals surface area contributed by atoms with E-state index in [1.165, 1.54) is 23.8 Å². The molecule has 4 aromatic carbocycles. The van der Waals surface area contributed by atoms with Crippen LogP contribution >= 0.6 is 0 Å². The number of hydrogen-bond acceptors (Lipinski definition) is 5. The molecule has 0 bridgehead atoms. The number of benzene rings is 4. The van der Waals surface area contributed by atoms with Crippen molar-refractivity contribution in [1.29, 1.82) is 0 Å². The number of amides is 2. The van der Waals surface area contributed by atoms with Crippen molar-refractivity contribution in [2.45, 2.75) is 26.1 Å². The molecule has 0 aliphatic carbocycles. The highest BCUT2D eigenvalue weighted by atomic mass is 16.5. The van der Waals surface area contributed by atoms with Gasteiger partial charge >= 0.3 is 0 Å². The molecule has 40 heavy (non-hydrogen) atoms. The van der Waals surface area contributed by atoms with Gasteiger partial charge in [0.15, 0.2) is 11.5 Å². The highest BCUT2D eigenvalue weighted by Gasteiger charge is 2.18. The Balaban J connectivity index is 1.20. The molecule has 4 aromatic rings. The third kappa shape index (κ3) is 6.50. The minimum absolute atomic E-state index is 0.190. The van der Waals surface area contributed by atoms with Crippen molar-refractivity contribution in [1.82, 2.24) is 10.2 Å². The zero-order chi connectivity index (χ0) is 27.9. The van der Waals surface area contributed by atoms with Crippen LogP contribution < -0.4 is 20.1 Å². The molecule has 0 spiro atoms. The second-order valence-electron chi connectivity index (χ2n) is 9.84. The highest BCUT2D eigenvalue weighted by molar-refractivity contribution is 6.04. The standard InChI is InChI=1S/C33H33N3O4/c1-39-30-14-12-27(19-31(30)40-2)32(37)34-20-24-9-6-10-26(17-24)33(38)35-29-13-11-25-15-16-36(22-28(25)18-29)21-23-7-4-3-5-8-23/h3-14,17-19H,15-16,20-22H2,1-2H3,(H,34,37)(H,35,38). The molecule has 204 valence electrons. The maximum Gasteiger partial charge on any atom is 0.255 e. The number of ether oxygens (including phenoxy) is 2. The lowest BCUT2D eigenvalue weighted by atomic mass is 9.98. The van der Waals surface area contributed by atoms with Crippen molar-refractivity contribution in [2.75, 3.05) is 26.1 Å². The van der Waals surface area contributed by atoms with Crippen molar-refractivity contribution in [2.24, 2.45) is 0 Å². The molecule has 0 fully saturated rings. The Morgan fingerprint density at radius 3 is 2.33 bits per heavy atom. The summed E-state index contributed by atoms with van der Waals surface area (Å²) in [7, 11) is 3.08. The summed E-state index contributed by atoms with van der Waals surface area (Å²) in [5, 5.41) is 5.95. The van der Waals surface area contributed by atoms with Crippen LogP contribution in [0.5, 0.6) is 11.5 Å². The number of methoxy groups -OCH3 is 2. The Hall–Kier alpha value is -4.62. The molecule has 0 radical (unpaired) electrons. The van der Waals surface area contributed by atoms with Gasteiger partial charge in [-0.05, 0) is 71.1 Å². The average molecular weight is 536 g/mol. The van der Waals surface area contributed by atoms with Crippen molar-refractivity contribution < 1.29 is 19.1 Å². The molecule has 5 rings (SSSR count). The summed E-state index contributed by atoms with van der Waals surface area (Å²) >= 11 is 0. The lowest BCUT2D eigenvalue weighted by Crippen LogP contribution is -2.30. The van der Waals surface area contributed by atoms with Crippen LogP contribution in [-0.2, 0) is 26.1 Å². The minimum Gasteiger partial charge on any atom is -0.493 e. The van der Waals surface area contributed by atoms with Crippen LogP contribution in [0, 0.1) is 0 Å². The van der Waals surface area contributed by atoms with E-state index in [0.29, 0.717) is 22.6 Å². The first-order valence-electron chi connectivity index (χ1n) is 13.3. The van der Waals surface area contributed by atoms with Gasteiger partial charge < -0.3 is 20.1 Å². The van der Waals surface area contributed by atoms with Gasteiger partial charge in [0, 0.05) is 43.0 Å². The van der Waals surface area contributed by atoms with Gasteiger partial charge in [0.2, 0.25) is 0 Å². The Bertz CT molecular complexity index is 1500. The van der Waals surface area contributed by atoms with Crippen LogP contribution in [-0.4, -0.2) is 37.5 Å². The Morgan fingerprint density at radius 1 is 0.750 bits per heavy atom. The normalized spacial score (nSPS) is 12.8. The van der Waals surface area contributed by atoms with E-state index >= 15 is 0 Å². The van der Waals surface area contributed by atoms with Crippen molar-refractivity contribution in [3.8, 4) is 11.5 Å². The van der Waals surface area contributed by atoms with Crippen molar-refractivity contribution in [3.63, 3.8) is 0 Å². The predicted molar refractivity (Wildman–Crippen MR) is 156 cm³/mol. The molecular weight excluding hydrogens is 502 g/mol. The number of anilines is 1. The zero-order valence-electron chi connectivity index (χ0n) is 22.8. The molecule has 2 N–H and O–H groups in total. The molecule has 1 heterocycles. The second-order valence-corrected chi connectivity index (χ2v) is 9.84. The van der Waals surface area contributed by atoms with Gasteiger partial charge in [-0.25, -0.2) is 0 Å². The van der Waals surface area contributed by atoms with Crippen LogP contribution in [0.15, 0.2) is 91.0 Å². The maximum atomic E-state index is 13.1. The minimum atomic E-state index is -0.244. The molecule has 7 nitrogen and oxygen atoms in total. The number of carbonyl (C=O) groups excluding carboxylic acids is 2. The number of hydrogen-bond donors (Lipinski definition) is 2. The van der Waals surface area contributed by atoms with Gasteiger partial charge in [0.1, 0.15) is 0 Å².